The summed E-state index contributed by atoms with van der Waals surface area (Å²) in [6.45, 7) is 0.517. The van der Waals surface area contributed by atoms with Gasteiger partial charge in [0.05, 0.1) is 10.6 Å². The zero-order chi connectivity index (χ0) is 13.7. The maximum absolute atomic E-state index is 12.0. The number of aromatic nitrogens is 2. The minimum absolute atomic E-state index is 0.224. The van der Waals surface area contributed by atoms with Crippen molar-refractivity contribution in [3.8, 4) is 0 Å². The van der Waals surface area contributed by atoms with Crippen molar-refractivity contribution in [3.05, 3.63) is 38.9 Å². The number of carbonyl (C=O) groups is 1. The molecule has 0 fully saturated rings. The summed E-state index contributed by atoms with van der Waals surface area (Å²) in [4.78, 5) is 20.2. The molecule has 1 amide bonds. The van der Waals surface area contributed by atoms with Crippen molar-refractivity contribution in [2.45, 2.75) is 6.42 Å². The molecule has 2 heterocycles. The molecule has 0 saturated heterocycles. The van der Waals surface area contributed by atoms with Crippen molar-refractivity contribution in [1.82, 2.24) is 15.3 Å². The van der Waals surface area contributed by atoms with Crippen LogP contribution in [0.1, 0.15) is 15.4 Å². The molecule has 0 unspecified atom stereocenters. The zero-order valence-electron chi connectivity index (χ0n) is 9.89. The predicted octanol–water partition coefficient (Wildman–Crippen LogP) is 1.56. The van der Waals surface area contributed by atoms with E-state index in [1.807, 2.05) is 5.38 Å². The molecule has 6 nitrogen and oxygen atoms in total. The molecule has 0 aromatic carbocycles. The third kappa shape index (κ3) is 3.72. The fraction of sp³-hybridized carbons (Fsp3) is 0.182. The lowest BCUT2D eigenvalue weighted by Gasteiger charge is -2.08. The first-order chi connectivity index (χ1) is 9.20. The predicted molar refractivity (Wildman–Crippen MR) is 77.9 cm³/mol. The van der Waals surface area contributed by atoms with Crippen molar-refractivity contribution < 1.29 is 4.79 Å². The first-order valence-electron chi connectivity index (χ1n) is 5.49. The van der Waals surface area contributed by atoms with Gasteiger partial charge in [-0.05, 0) is 22.0 Å². The van der Waals surface area contributed by atoms with Crippen molar-refractivity contribution in [2.75, 3.05) is 12.0 Å². The highest BCUT2D eigenvalue weighted by atomic mass is 79.9. The number of nitrogen functional groups attached to an aromatic ring is 1. The quantitative estimate of drug-likeness (QED) is 0.566. The van der Waals surface area contributed by atoms with Crippen LogP contribution in [-0.4, -0.2) is 22.4 Å². The molecular formula is C11H12BrN5OS. The molecule has 0 saturated carbocycles. The number of hydrogen-bond donors (Lipinski definition) is 3. The molecule has 8 heteroatoms. The normalized spacial score (nSPS) is 10.2. The number of amides is 1. The Morgan fingerprint density at radius 1 is 1.47 bits per heavy atom. The lowest BCUT2D eigenvalue weighted by Crippen LogP contribution is -2.27. The summed E-state index contributed by atoms with van der Waals surface area (Å²) in [5.74, 6) is 5.45. The van der Waals surface area contributed by atoms with Gasteiger partial charge in [0.1, 0.15) is 0 Å². The van der Waals surface area contributed by atoms with Gasteiger partial charge >= 0.3 is 0 Å². The second-order valence-electron chi connectivity index (χ2n) is 3.63. The third-order valence-corrected chi connectivity index (χ3v) is 3.62. The van der Waals surface area contributed by atoms with Crippen LogP contribution in [0, 0.1) is 0 Å². The van der Waals surface area contributed by atoms with Gasteiger partial charge < -0.3 is 10.7 Å². The van der Waals surface area contributed by atoms with Gasteiger partial charge in [0.15, 0.2) is 5.82 Å². The molecule has 2 aromatic heterocycles. The average molecular weight is 342 g/mol. The molecule has 0 atom stereocenters. The maximum atomic E-state index is 12.0. The highest BCUT2D eigenvalue weighted by Gasteiger charge is 2.12. The van der Waals surface area contributed by atoms with Crippen molar-refractivity contribution in [3.63, 3.8) is 0 Å². The van der Waals surface area contributed by atoms with Crippen LogP contribution in [0.25, 0.3) is 0 Å². The summed E-state index contributed by atoms with van der Waals surface area (Å²) >= 11 is 4.84. The molecule has 0 radical (unpaired) electrons. The lowest BCUT2D eigenvalue weighted by atomic mass is 10.2. The van der Waals surface area contributed by atoms with Crippen molar-refractivity contribution >= 4 is 39.0 Å². The molecule has 4 N–H and O–H groups in total. The number of thiazole rings is 1. The van der Waals surface area contributed by atoms with Gasteiger partial charge in [0.2, 0.25) is 0 Å². The van der Waals surface area contributed by atoms with Crippen LogP contribution in [0.2, 0.25) is 0 Å². The van der Waals surface area contributed by atoms with Crippen LogP contribution in [0.5, 0.6) is 0 Å². The van der Waals surface area contributed by atoms with E-state index >= 15 is 0 Å². The second-order valence-corrected chi connectivity index (χ2v) is 5.52. The lowest BCUT2D eigenvalue weighted by molar-refractivity contribution is 0.0954. The Hall–Kier alpha value is -1.51. The number of halogens is 1. The fourth-order valence-electron chi connectivity index (χ4n) is 1.48. The topological polar surface area (TPSA) is 92.9 Å². The van der Waals surface area contributed by atoms with E-state index in [2.05, 4.69) is 36.6 Å². The SMILES string of the molecule is NNc1ncc(Br)cc1C(=O)NCCc1nccs1. The number of nitrogens with zero attached hydrogens (tertiary/aromatic N) is 2. The van der Waals surface area contributed by atoms with E-state index in [4.69, 9.17) is 5.84 Å². The Morgan fingerprint density at radius 3 is 3.00 bits per heavy atom. The number of hydrogen-bond acceptors (Lipinski definition) is 6. The summed E-state index contributed by atoms with van der Waals surface area (Å²) in [5.41, 5.74) is 2.80. The van der Waals surface area contributed by atoms with Crippen LogP contribution in [0.15, 0.2) is 28.3 Å². The molecule has 2 aromatic rings. The number of anilines is 1. The molecule has 100 valence electrons. The Morgan fingerprint density at radius 2 is 2.32 bits per heavy atom. The van der Waals surface area contributed by atoms with Gasteiger partial charge in [-0.25, -0.2) is 15.8 Å². The van der Waals surface area contributed by atoms with Gasteiger partial charge in [0.25, 0.3) is 5.91 Å². The van der Waals surface area contributed by atoms with E-state index in [-0.39, 0.29) is 5.91 Å². The number of rotatable bonds is 5. The first-order valence-corrected chi connectivity index (χ1v) is 7.16. The monoisotopic (exact) mass is 341 g/mol. The van der Waals surface area contributed by atoms with Crippen LogP contribution < -0.4 is 16.6 Å². The summed E-state index contributed by atoms with van der Waals surface area (Å²) in [6, 6.07) is 1.67. The van der Waals surface area contributed by atoms with Crippen molar-refractivity contribution in [1.29, 1.82) is 0 Å². The van der Waals surface area contributed by atoms with Crippen molar-refractivity contribution in [2.24, 2.45) is 5.84 Å². The number of hydrazine groups is 1. The highest BCUT2D eigenvalue weighted by Crippen LogP contribution is 2.17. The zero-order valence-corrected chi connectivity index (χ0v) is 12.3. The van der Waals surface area contributed by atoms with E-state index in [1.165, 1.54) is 0 Å². The minimum atomic E-state index is -0.224. The largest absolute Gasteiger partial charge is 0.351 e. The van der Waals surface area contributed by atoms with Crippen LogP contribution in [-0.2, 0) is 6.42 Å². The Balaban J connectivity index is 1.97. The summed E-state index contributed by atoms with van der Waals surface area (Å²) in [5, 5.41) is 5.71. The van der Waals surface area contributed by atoms with E-state index in [9.17, 15) is 4.79 Å². The van der Waals surface area contributed by atoms with E-state index in [0.29, 0.717) is 24.3 Å². The second kappa shape index (κ2) is 6.60. The van der Waals surface area contributed by atoms with E-state index < -0.39 is 0 Å². The molecule has 2 rings (SSSR count). The average Bonchev–Trinajstić information content (AvgIpc) is 2.91. The molecule has 0 aliphatic heterocycles. The van der Waals surface area contributed by atoms with Gasteiger partial charge in [0, 0.05) is 35.2 Å². The van der Waals surface area contributed by atoms with Gasteiger partial charge in [-0.3, -0.25) is 4.79 Å². The number of pyridine rings is 1. The molecule has 0 aliphatic carbocycles. The summed E-state index contributed by atoms with van der Waals surface area (Å²) in [6.07, 6.45) is 4.02. The van der Waals surface area contributed by atoms with E-state index in [1.54, 1.807) is 29.8 Å². The Kier molecular flexibility index (Phi) is 4.83. The van der Waals surface area contributed by atoms with Crippen LogP contribution in [0.4, 0.5) is 5.82 Å². The number of nitrogens with two attached hydrogens (primary N) is 1. The van der Waals surface area contributed by atoms with Gasteiger partial charge in [-0.2, -0.15) is 0 Å². The summed E-state index contributed by atoms with van der Waals surface area (Å²) < 4.78 is 0.719. The molecule has 19 heavy (non-hydrogen) atoms. The van der Waals surface area contributed by atoms with Crippen LogP contribution >= 0.6 is 27.3 Å². The van der Waals surface area contributed by atoms with Gasteiger partial charge in [-0.15, -0.1) is 11.3 Å². The standard InChI is InChI=1S/C11H12BrN5OS/c12-7-5-8(10(17-13)16-6-7)11(18)15-2-1-9-14-3-4-19-9/h3-6H,1-2,13H2,(H,15,18)(H,16,17). The fourth-order valence-corrected chi connectivity index (χ4v) is 2.43. The Bertz CT molecular complexity index is 560. The van der Waals surface area contributed by atoms with Crippen LogP contribution in [0.3, 0.4) is 0 Å². The number of nitrogens with one attached hydrogen (secondary N) is 2. The minimum Gasteiger partial charge on any atom is -0.351 e. The molecule has 0 spiro atoms. The Labute approximate surface area is 122 Å². The van der Waals surface area contributed by atoms with E-state index in [0.717, 1.165) is 9.48 Å². The molecule has 0 bridgehead atoms. The summed E-state index contributed by atoms with van der Waals surface area (Å²) in [7, 11) is 0. The highest BCUT2D eigenvalue weighted by molar-refractivity contribution is 9.10. The maximum Gasteiger partial charge on any atom is 0.255 e. The molecular weight excluding hydrogens is 330 g/mol. The van der Waals surface area contributed by atoms with Gasteiger partial charge in [-0.1, -0.05) is 0 Å². The number of carbonyl (C=O) groups excluding carboxylic acids is 1. The third-order valence-electron chi connectivity index (χ3n) is 2.34. The molecule has 0 aliphatic rings. The smallest absolute Gasteiger partial charge is 0.255 e. The first kappa shape index (κ1) is 13.9.